The zero-order chi connectivity index (χ0) is 16.4. The van der Waals surface area contributed by atoms with Crippen LogP contribution in [0.4, 0.5) is 5.69 Å². The number of nitrogens with one attached hydrogen (secondary N) is 1. The Morgan fingerprint density at radius 3 is 2.61 bits per heavy atom. The number of H-pyrrole nitrogens is 1. The van der Waals surface area contributed by atoms with E-state index in [2.05, 4.69) is 14.9 Å². The standard InChI is InChI=1S/C14H10N4O4S/c1-9-2-5-11(6-3-9)23-13-7-4-10(8-12(13)18(20)21)17-15-14(19)22-16-17/h2-8H,1H3/p+1. The van der Waals surface area contributed by atoms with E-state index in [-0.39, 0.29) is 5.69 Å². The summed E-state index contributed by atoms with van der Waals surface area (Å²) in [6.07, 6.45) is 0. The minimum Gasteiger partial charge on any atom is -0.258 e. The van der Waals surface area contributed by atoms with Crippen molar-refractivity contribution in [3.63, 3.8) is 0 Å². The van der Waals surface area contributed by atoms with Gasteiger partial charge in [-0.3, -0.25) is 10.1 Å². The number of aryl methyl sites for hydroxylation is 1. The van der Waals surface area contributed by atoms with Gasteiger partial charge in [-0.05, 0) is 25.1 Å². The molecule has 1 heterocycles. The van der Waals surface area contributed by atoms with Gasteiger partial charge in [-0.2, -0.15) is 0 Å². The highest BCUT2D eigenvalue weighted by molar-refractivity contribution is 7.99. The first-order valence-electron chi connectivity index (χ1n) is 6.54. The molecule has 0 bridgehead atoms. The average Bonchev–Trinajstić information content (AvgIpc) is 2.96. The van der Waals surface area contributed by atoms with Crippen molar-refractivity contribution in [2.75, 3.05) is 0 Å². The Morgan fingerprint density at radius 1 is 1.26 bits per heavy atom. The van der Waals surface area contributed by atoms with Gasteiger partial charge in [-0.15, -0.1) is 0 Å². The Labute approximate surface area is 133 Å². The summed E-state index contributed by atoms with van der Waals surface area (Å²) < 4.78 is 4.38. The molecule has 0 amide bonds. The molecule has 2 aromatic carbocycles. The number of aromatic nitrogens is 3. The van der Waals surface area contributed by atoms with Crippen molar-refractivity contribution in [2.24, 2.45) is 0 Å². The number of aromatic amines is 1. The fourth-order valence-electron chi connectivity index (χ4n) is 1.92. The van der Waals surface area contributed by atoms with Crippen molar-refractivity contribution in [2.45, 2.75) is 16.7 Å². The summed E-state index contributed by atoms with van der Waals surface area (Å²) in [6.45, 7) is 1.97. The van der Waals surface area contributed by atoms with E-state index < -0.39 is 10.7 Å². The predicted octanol–water partition coefficient (Wildman–Crippen LogP) is 2.01. The molecule has 0 aliphatic carbocycles. The topological polar surface area (TPSA) is 106 Å². The van der Waals surface area contributed by atoms with E-state index in [0.717, 1.165) is 15.3 Å². The van der Waals surface area contributed by atoms with Crippen LogP contribution in [0.25, 0.3) is 5.69 Å². The van der Waals surface area contributed by atoms with Crippen LogP contribution in [0.3, 0.4) is 0 Å². The predicted molar refractivity (Wildman–Crippen MR) is 80.6 cm³/mol. The van der Waals surface area contributed by atoms with Crippen LogP contribution in [0.15, 0.2) is 61.6 Å². The van der Waals surface area contributed by atoms with Gasteiger partial charge in [0.25, 0.3) is 11.4 Å². The van der Waals surface area contributed by atoms with Crippen LogP contribution in [-0.2, 0) is 0 Å². The van der Waals surface area contributed by atoms with Gasteiger partial charge in [0.2, 0.25) is 5.27 Å². The smallest absolute Gasteiger partial charge is 0.258 e. The van der Waals surface area contributed by atoms with E-state index in [1.165, 1.54) is 17.8 Å². The van der Waals surface area contributed by atoms with E-state index >= 15 is 0 Å². The van der Waals surface area contributed by atoms with Crippen LogP contribution < -0.4 is 10.6 Å². The van der Waals surface area contributed by atoms with Gasteiger partial charge in [0.05, 0.1) is 20.7 Å². The number of hydrogen-bond acceptors (Lipinski definition) is 6. The maximum atomic E-state index is 11.3. The van der Waals surface area contributed by atoms with Gasteiger partial charge in [0, 0.05) is 11.0 Å². The number of benzene rings is 2. The Bertz CT molecular complexity index is 917. The quantitative estimate of drug-likeness (QED) is 0.445. The molecule has 0 saturated heterocycles. The Kier molecular flexibility index (Phi) is 3.94. The lowest BCUT2D eigenvalue weighted by Crippen LogP contribution is -2.37. The van der Waals surface area contributed by atoms with Crippen LogP contribution >= 0.6 is 11.8 Å². The van der Waals surface area contributed by atoms with Crippen LogP contribution in [0.2, 0.25) is 0 Å². The summed E-state index contributed by atoms with van der Waals surface area (Å²) in [4.78, 5) is 24.3. The van der Waals surface area contributed by atoms with Crippen molar-refractivity contribution in [3.05, 3.63) is 68.7 Å². The maximum Gasteiger partial charge on any atom is 0.493 e. The molecule has 3 rings (SSSR count). The molecule has 8 nitrogen and oxygen atoms in total. The van der Waals surface area contributed by atoms with E-state index in [1.54, 1.807) is 12.1 Å². The summed E-state index contributed by atoms with van der Waals surface area (Å²) in [5.41, 5.74) is 1.37. The molecule has 0 saturated carbocycles. The minimum atomic E-state index is -0.745. The zero-order valence-corrected chi connectivity index (χ0v) is 12.7. The fourth-order valence-corrected chi connectivity index (χ4v) is 2.82. The molecule has 23 heavy (non-hydrogen) atoms. The first-order chi connectivity index (χ1) is 11.0. The van der Waals surface area contributed by atoms with E-state index in [1.807, 2.05) is 31.2 Å². The number of nitro groups is 1. The van der Waals surface area contributed by atoms with Crippen LogP contribution in [0.5, 0.6) is 0 Å². The van der Waals surface area contributed by atoms with Gasteiger partial charge < -0.3 is 0 Å². The molecule has 1 aromatic heterocycles. The molecule has 1 N–H and O–H groups in total. The molecule has 116 valence electrons. The highest BCUT2D eigenvalue weighted by Crippen LogP contribution is 2.35. The molecule has 3 aromatic rings. The first-order valence-corrected chi connectivity index (χ1v) is 7.36. The lowest BCUT2D eigenvalue weighted by Gasteiger charge is -2.03. The summed E-state index contributed by atoms with van der Waals surface area (Å²) in [6, 6.07) is 12.2. The molecule has 0 fully saturated rings. The highest BCUT2D eigenvalue weighted by Gasteiger charge is 2.22. The second-order valence-electron chi connectivity index (χ2n) is 4.71. The SMILES string of the molecule is Cc1ccc(Sc2ccc(-[n+]3noc(=O)[nH]3)cc2[N+](=O)[O-])cc1. The van der Waals surface area contributed by atoms with Crippen molar-refractivity contribution < 1.29 is 14.2 Å². The molecule has 0 radical (unpaired) electrons. The third-order valence-electron chi connectivity index (χ3n) is 3.04. The third kappa shape index (κ3) is 3.29. The van der Waals surface area contributed by atoms with Gasteiger partial charge in [-0.25, -0.2) is 9.32 Å². The lowest BCUT2D eigenvalue weighted by atomic mass is 10.2. The average molecular weight is 331 g/mol. The second-order valence-corrected chi connectivity index (χ2v) is 5.82. The Morgan fingerprint density at radius 2 is 2.00 bits per heavy atom. The van der Waals surface area contributed by atoms with Gasteiger partial charge in [-0.1, -0.05) is 34.6 Å². The van der Waals surface area contributed by atoms with Crippen molar-refractivity contribution in [3.8, 4) is 5.69 Å². The van der Waals surface area contributed by atoms with Crippen LogP contribution in [0, 0.1) is 17.0 Å². The van der Waals surface area contributed by atoms with E-state index in [0.29, 0.717) is 10.6 Å². The van der Waals surface area contributed by atoms with Gasteiger partial charge in [0.15, 0.2) is 0 Å². The Balaban J connectivity index is 1.98. The normalized spacial score (nSPS) is 10.7. The second kappa shape index (κ2) is 6.05. The number of nitrogens with zero attached hydrogens (tertiary/aromatic N) is 3. The fraction of sp³-hybridized carbons (Fsp3) is 0.0714. The van der Waals surface area contributed by atoms with E-state index in [9.17, 15) is 14.9 Å². The lowest BCUT2D eigenvalue weighted by molar-refractivity contribution is -0.725. The van der Waals surface area contributed by atoms with Crippen molar-refractivity contribution in [1.82, 2.24) is 10.4 Å². The molecular weight excluding hydrogens is 320 g/mol. The molecule has 0 spiro atoms. The third-order valence-corrected chi connectivity index (χ3v) is 4.11. The minimum absolute atomic E-state index is 0.0792. The molecule has 0 aliphatic heterocycles. The van der Waals surface area contributed by atoms with E-state index in [4.69, 9.17) is 0 Å². The van der Waals surface area contributed by atoms with Crippen LogP contribution in [0.1, 0.15) is 5.56 Å². The molecular formula is C14H11N4O4S+. The highest BCUT2D eigenvalue weighted by atomic mass is 32.2. The monoisotopic (exact) mass is 331 g/mol. The largest absolute Gasteiger partial charge is 0.493 e. The molecule has 0 atom stereocenters. The zero-order valence-electron chi connectivity index (χ0n) is 11.9. The Hall–Kier alpha value is -2.94. The van der Waals surface area contributed by atoms with Gasteiger partial charge >= 0.3 is 5.76 Å². The number of rotatable bonds is 4. The number of nitro benzene ring substituents is 1. The first kappa shape index (κ1) is 15.0. The number of hydrogen-bond donors (Lipinski definition) is 1. The van der Waals surface area contributed by atoms with Crippen molar-refractivity contribution in [1.29, 1.82) is 0 Å². The summed E-state index contributed by atoms with van der Waals surface area (Å²) in [5.74, 6) is -0.745. The maximum absolute atomic E-state index is 11.3. The molecule has 9 heteroatoms. The summed E-state index contributed by atoms with van der Waals surface area (Å²) in [5, 5.41) is 17.1. The molecule has 0 aliphatic rings. The van der Waals surface area contributed by atoms with Crippen molar-refractivity contribution >= 4 is 17.4 Å². The van der Waals surface area contributed by atoms with Gasteiger partial charge in [0.1, 0.15) is 0 Å². The van der Waals surface area contributed by atoms with Crippen LogP contribution in [-0.4, -0.2) is 15.3 Å². The summed E-state index contributed by atoms with van der Waals surface area (Å²) in [7, 11) is 0. The molecule has 0 unspecified atom stereocenters. The summed E-state index contributed by atoms with van der Waals surface area (Å²) >= 11 is 1.29.